The first-order valence-corrected chi connectivity index (χ1v) is 7.19. The Bertz CT molecular complexity index is 834. The zero-order valence-corrected chi connectivity index (χ0v) is 12.5. The van der Waals surface area contributed by atoms with Crippen LogP contribution in [0.15, 0.2) is 48.8 Å². The molecule has 24 heavy (non-hydrogen) atoms. The summed E-state index contributed by atoms with van der Waals surface area (Å²) in [4.78, 5) is 12.3. The Balaban J connectivity index is 1.70. The highest BCUT2D eigenvalue weighted by Crippen LogP contribution is 2.15. The molecule has 0 saturated heterocycles. The van der Waals surface area contributed by atoms with Crippen molar-refractivity contribution in [3.8, 4) is 5.69 Å². The number of carbonyl (C=O) groups excluding carboxylic acids is 1. The molecule has 0 atom stereocenters. The standard InChI is InChI=1S/C16H13F2N5O/c17-12-3-1-11(2-4-12)7-8-19-16(24)14-9-13(18)5-6-15(14)23-10-20-21-22-23/h1-6,9-10H,7-8H2,(H,19,24). The van der Waals surface area contributed by atoms with Crippen LogP contribution in [0.2, 0.25) is 0 Å². The average molecular weight is 329 g/mol. The van der Waals surface area contributed by atoms with Gasteiger partial charge in [0.05, 0.1) is 11.3 Å². The number of benzene rings is 2. The van der Waals surface area contributed by atoms with Crippen molar-refractivity contribution in [2.75, 3.05) is 6.54 Å². The normalized spacial score (nSPS) is 10.6. The lowest BCUT2D eigenvalue weighted by Gasteiger charge is -2.10. The quantitative estimate of drug-likeness (QED) is 0.776. The first-order valence-electron chi connectivity index (χ1n) is 7.19. The fourth-order valence-corrected chi connectivity index (χ4v) is 2.23. The van der Waals surface area contributed by atoms with Crippen molar-refractivity contribution < 1.29 is 13.6 Å². The lowest BCUT2D eigenvalue weighted by atomic mass is 10.1. The number of amides is 1. The van der Waals surface area contributed by atoms with Gasteiger partial charge in [0.1, 0.15) is 18.0 Å². The molecule has 2 aromatic carbocycles. The summed E-state index contributed by atoms with van der Waals surface area (Å²) in [6, 6.07) is 9.81. The summed E-state index contributed by atoms with van der Waals surface area (Å²) in [5, 5.41) is 13.4. The molecular formula is C16H13F2N5O. The number of aromatic nitrogens is 4. The van der Waals surface area contributed by atoms with Gasteiger partial charge < -0.3 is 5.32 Å². The third-order valence-corrected chi connectivity index (χ3v) is 3.41. The summed E-state index contributed by atoms with van der Waals surface area (Å²) in [6.07, 6.45) is 1.85. The maximum Gasteiger partial charge on any atom is 0.253 e. The Kier molecular flexibility index (Phi) is 4.55. The molecule has 0 aliphatic heterocycles. The van der Waals surface area contributed by atoms with E-state index < -0.39 is 11.7 Å². The molecule has 0 aliphatic rings. The van der Waals surface area contributed by atoms with Crippen LogP contribution in [0.25, 0.3) is 5.69 Å². The van der Waals surface area contributed by atoms with Crippen molar-refractivity contribution in [2.45, 2.75) is 6.42 Å². The maximum absolute atomic E-state index is 13.5. The second-order valence-corrected chi connectivity index (χ2v) is 5.05. The molecular weight excluding hydrogens is 316 g/mol. The predicted octanol–water partition coefficient (Wildman–Crippen LogP) is 1.91. The average Bonchev–Trinajstić information content (AvgIpc) is 3.11. The van der Waals surface area contributed by atoms with Crippen molar-refractivity contribution >= 4 is 5.91 Å². The van der Waals surface area contributed by atoms with Gasteiger partial charge in [-0.05, 0) is 52.7 Å². The molecule has 122 valence electrons. The van der Waals surface area contributed by atoms with Gasteiger partial charge in [0, 0.05) is 6.54 Å². The predicted molar refractivity (Wildman–Crippen MR) is 81.5 cm³/mol. The molecule has 0 fully saturated rings. The van der Waals surface area contributed by atoms with E-state index in [-0.39, 0.29) is 11.4 Å². The van der Waals surface area contributed by atoms with Crippen LogP contribution in [0.5, 0.6) is 0 Å². The lowest BCUT2D eigenvalue weighted by Crippen LogP contribution is -2.27. The minimum atomic E-state index is -0.532. The topological polar surface area (TPSA) is 72.7 Å². The van der Waals surface area contributed by atoms with Crippen LogP contribution in [0.3, 0.4) is 0 Å². The lowest BCUT2D eigenvalue weighted by molar-refractivity contribution is 0.0953. The van der Waals surface area contributed by atoms with Crippen molar-refractivity contribution in [1.29, 1.82) is 0 Å². The summed E-state index contributed by atoms with van der Waals surface area (Å²) in [6.45, 7) is 0.329. The van der Waals surface area contributed by atoms with Gasteiger partial charge in [-0.1, -0.05) is 12.1 Å². The molecule has 6 nitrogen and oxygen atoms in total. The van der Waals surface area contributed by atoms with E-state index >= 15 is 0 Å². The number of nitrogens with one attached hydrogen (secondary N) is 1. The Hall–Kier alpha value is -3.16. The Morgan fingerprint density at radius 1 is 1.08 bits per heavy atom. The fourth-order valence-electron chi connectivity index (χ4n) is 2.23. The van der Waals surface area contributed by atoms with Crippen LogP contribution in [0.4, 0.5) is 8.78 Å². The molecule has 0 spiro atoms. The fraction of sp³-hybridized carbons (Fsp3) is 0.125. The summed E-state index contributed by atoms with van der Waals surface area (Å²) in [5.41, 5.74) is 1.39. The van der Waals surface area contributed by atoms with E-state index in [0.29, 0.717) is 18.7 Å². The second kappa shape index (κ2) is 6.95. The van der Waals surface area contributed by atoms with Gasteiger partial charge in [0.2, 0.25) is 0 Å². The molecule has 0 radical (unpaired) electrons. The highest BCUT2D eigenvalue weighted by molar-refractivity contribution is 5.97. The van der Waals surface area contributed by atoms with Crippen LogP contribution >= 0.6 is 0 Å². The minimum absolute atomic E-state index is 0.126. The summed E-state index contributed by atoms with van der Waals surface area (Å²) >= 11 is 0. The first kappa shape index (κ1) is 15.7. The van der Waals surface area contributed by atoms with E-state index in [4.69, 9.17) is 0 Å². The van der Waals surface area contributed by atoms with Crippen LogP contribution < -0.4 is 5.32 Å². The van der Waals surface area contributed by atoms with Gasteiger partial charge in [-0.25, -0.2) is 8.78 Å². The molecule has 1 amide bonds. The van der Waals surface area contributed by atoms with E-state index in [2.05, 4.69) is 20.8 Å². The zero-order chi connectivity index (χ0) is 16.9. The van der Waals surface area contributed by atoms with Gasteiger partial charge in [0.15, 0.2) is 0 Å². The van der Waals surface area contributed by atoms with Crippen molar-refractivity contribution in [1.82, 2.24) is 25.5 Å². The minimum Gasteiger partial charge on any atom is -0.352 e. The summed E-state index contributed by atoms with van der Waals surface area (Å²) < 4.78 is 27.6. The first-order chi connectivity index (χ1) is 11.6. The highest BCUT2D eigenvalue weighted by Gasteiger charge is 2.14. The number of nitrogens with zero attached hydrogens (tertiary/aromatic N) is 4. The van der Waals surface area contributed by atoms with Crippen LogP contribution in [-0.2, 0) is 6.42 Å². The smallest absolute Gasteiger partial charge is 0.253 e. The number of hydrogen-bond acceptors (Lipinski definition) is 4. The number of hydrogen-bond donors (Lipinski definition) is 1. The molecule has 3 rings (SSSR count). The van der Waals surface area contributed by atoms with E-state index in [1.807, 2.05) is 0 Å². The number of carbonyl (C=O) groups is 1. The van der Waals surface area contributed by atoms with E-state index in [9.17, 15) is 13.6 Å². The molecule has 0 unspecified atom stereocenters. The molecule has 1 heterocycles. The Morgan fingerprint density at radius 3 is 2.54 bits per heavy atom. The molecule has 0 aliphatic carbocycles. The SMILES string of the molecule is O=C(NCCc1ccc(F)cc1)c1cc(F)ccc1-n1cnnn1. The molecule has 1 N–H and O–H groups in total. The molecule has 1 aromatic heterocycles. The van der Waals surface area contributed by atoms with Gasteiger partial charge in [-0.2, -0.15) is 4.68 Å². The van der Waals surface area contributed by atoms with Crippen molar-refractivity contribution in [3.63, 3.8) is 0 Å². The zero-order valence-electron chi connectivity index (χ0n) is 12.5. The van der Waals surface area contributed by atoms with E-state index in [1.165, 1.54) is 35.3 Å². The Morgan fingerprint density at radius 2 is 1.83 bits per heavy atom. The molecule has 8 heteroatoms. The number of rotatable bonds is 5. The second-order valence-electron chi connectivity index (χ2n) is 5.05. The highest BCUT2D eigenvalue weighted by atomic mass is 19.1. The monoisotopic (exact) mass is 329 g/mol. The molecule has 0 saturated carbocycles. The van der Waals surface area contributed by atoms with Gasteiger partial charge in [-0.15, -0.1) is 5.10 Å². The van der Waals surface area contributed by atoms with Crippen molar-refractivity contribution in [2.24, 2.45) is 0 Å². The summed E-state index contributed by atoms with van der Waals surface area (Å²) in [7, 11) is 0. The van der Waals surface area contributed by atoms with E-state index in [0.717, 1.165) is 11.6 Å². The van der Waals surface area contributed by atoms with Crippen LogP contribution in [0, 0.1) is 11.6 Å². The Labute approximate surface area is 136 Å². The number of halogens is 2. The van der Waals surface area contributed by atoms with Gasteiger partial charge in [0.25, 0.3) is 5.91 Å². The molecule has 0 bridgehead atoms. The number of tetrazole rings is 1. The van der Waals surface area contributed by atoms with Crippen LogP contribution in [-0.4, -0.2) is 32.7 Å². The largest absolute Gasteiger partial charge is 0.352 e. The van der Waals surface area contributed by atoms with Crippen molar-refractivity contribution in [3.05, 3.63) is 71.6 Å². The summed E-state index contributed by atoms with van der Waals surface area (Å²) in [5.74, 6) is -1.29. The van der Waals surface area contributed by atoms with Gasteiger partial charge in [-0.3, -0.25) is 4.79 Å². The maximum atomic E-state index is 13.5. The van der Waals surface area contributed by atoms with Gasteiger partial charge >= 0.3 is 0 Å². The third-order valence-electron chi connectivity index (χ3n) is 3.41. The van der Waals surface area contributed by atoms with Crippen LogP contribution in [0.1, 0.15) is 15.9 Å². The van der Waals surface area contributed by atoms with E-state index in [1.54, 1.807) is 12.1 Å². The third kappa shape index (κ3) is 3.60. The molecule has 3 aromatic rings.